The molecule has 0 radical (unpaired) electrons. The fourth-order valence-electron chi connectivity index (χ4n) is 2.71. The second-order valence-electron chi connectivity index (χ2n) is 4.33. The predicted octanol–water partition coefficient (Wildman–Crippen LogP) is 3.53. The number of aromatic nitrogens is 1. The SMILES string of the molecule is c1ccc2c3c(ccc2c1)-n1cccc1C3. The van der Waals surface area contributed by atoms with Gasteiger partial charge in [-0.05, 0) is 34.5 Å². The molecule has 0 aliphatic carbocycles. The molecule has 0 saturated heterocycles. The van der Waals surface area contributed by atoms with Gasteiger partial charge in [-0.15, -0.1) is 0 Å². The summed E-state index contributed by atoms with van der Waals surface area (Å²) in [5.41, 5.74) is 4.21. The first-order valence-corrected chi connectivity index (χ1v) is 5.61. The average molecular weight is 205 g/mol. The van der Waals surface area contributed by atoms with Crippen LogP contribution in [0, 0.1) is 0 Å². The molecule has 0 unspecified atom stereocenters. The van der Waals surface area contributed by atoms with E-state index in [9.17, 15) is 0 Å². The lowest BCUT2D eigenvalue weighted by Crippen LogP contribution is -1.88. The standard InChI is InChI=1S/C15H11N/c1-2-6-13-11(4-1)7-8-15-14(13)10-12-5-3-9-16(12)15/h1-9H,10H2. The summed E-state index contributed by atoms with van der Waals surface area (Å²) in [6, 6.07) is 17.4. The smallest absolute Gasteiger partial charge is 0.0494 e. The van der Waals surface area contributed by atoms with Crippen LogP contribution in [-0.4, -0.2) is 4.57 Å². The highest BCUT2D eigenvalue weighted by atomic mass is 15.0. The third kappa shape index (κ3) is 0.904. The highest BCUT2D eigenvalue weighted by molar-refractivity contribution is 5.89. The first-order chi connectivity index (χ1) is 7.93. The van der Waals surface area contributed by atoms with Crippen LogP contribution < -0.4 is 0 Å². The van der Waals surface area contributed by atoms with Crippen molar-refractivity contribution >= 4 is 10.8 Å². The zero-order chi connectivity index (χ0) is 10.5. The van der Waals surface area contributed by atoms with Gasteiger partial charge < -0.3 is 4.57 Å². The Hall–Kier alpha value is -2.02. The van der Waals surface area contributed by atoms with Crippen LogP contribution in [0.15, 0.2) is 54.7 Å². The fraction of sp³-hybridized carbons (Fsp3) is 0.0667. The number of nitrogens with zero attached hydrogens (tertiary/aromatic N) is 1. The first-order valence-electron chi connectivity index (χ1n) is 5.61. The van der Waals surface area contributed by atoms with Crippen LogP contribution in [0.25, 0.3) is 16.5 Å². The molecule has 2 heterocycles. The van der Waals surface area contributed by atoms with Gasteiger partial charge in [-0.3, -0.25) is 0 Å². The summed E-state index contributed by atoms with van der Waals surface area (Å²) in [6.45, 7) is 0. The summed E-state index contributed by atoms with van der Waals surface area (Å²) in [6.07, 6.45) is 3.21. The summed E-state index contributed by atoms with van der Waals surface area (Å²) in [7, 11) is 0. The van der Waals surface area contributed by atoms with Gasteiger partial charge in [0.15, 0.2) is 0 Å². The Labute approximate surface area is 93.9 Å². The van der Waals surface area contributed by atoms with E-state index in [4.69, 9.17) is 0 Å². The van der Waals surface area contributed by atoms with Crippen LogP contribution in [-0.2, 0) is 6.42 Å². The molecule has 1 aliphatic rings. The molecular formula is C15H11N. The maximum atomic E-state index is 2.29. The van der Waals surface area contributed by atoms with Gasteiger partial charge in [0.05, 0.1) is 0 Å². The maximum Gasteiger partial charge on any atom is 0.0494 e. The van der Waals surface area contributed by atoms with Crippen molar-refractivity contribution in [1.29, 1.82) is 0 Å². The van der Waals surface area contributed by atoms with E-state index in [0.717, 1.165) is 6.42 Å². The molecule has 3 aromatic rings. The van der Waals surface area contributed by atoms with Crippen LogP contribution in [0.1, 0.15) is 11.3 Å². The van der Waals surface area contributed by atoms with E-state index in [1.54, 1.807) is 0 Å². The molecule has 2 aromatic carbocycles. The molecule has 0 fully saturated rings. The van der Waals surface area contributed by atoms with Crippen LogP contribution in [0.2, 0.25) is 0 Å². The molecule has 16 heavy (non-hydrogen) atoms. The number of fused-ring (bicyclic) bond motifs is 5. The van der Waals surface area contributed by atoms with Crippen molar-refractivity contribution in [2.24, 2.45) is 0 Å². The minimum atomic E-state index is 1.06. The van der Waals surface area contributed by atoms with Crippen molar-refractivity contribution in [2.75, 3.05) is 0 Å². The first kappa shape index (κ1) is 8.17. The van der Waals surface area contributed by atoms with Crippen molar-refractivity contribution in [3.05, 3.63) is 66.0 Å². The normalized spacial score (nSPS) is 12.8. The average Bonchev–Trinajstić information content (AvgIpc) is 2.88. The van der Waals surface area contributed by atoms with Gasteiger partial charge in [-0.2, -0.15) is 0 Å². The molecule has 0 atom stereocenters. The Bertz CT molecular complexity index is 691. The lowest BCUT2D eigenvalue weighted by molar-refractivity contribution is 1.05. The molecule has 1 nitrogen and oxygen atoms in total. The molecule has 4 rings (SSSR count). The van der Waals surface area contributed by atoms with Crippen LogP contribution in [0.4, 0.5) is 0 Å². The van der Waals surface area contributed by atoms with Crippen molar-refractivity contribution < 1.29 is 0 Å². The van der Waals surface area contributed by atoms with E-state index in [-0.39, 0.29) is 0 Å². The highest BCUT2D eigenvalue weighted by Gasteiger charge is 2.18. The van der Waals surface area contributed by atoms with Crippen LogP contribution in [0.3, 0.4) is 0 Å². The highest BCUT2D eigenvalue weighted by Crippen LogP contribution is 2.33. The van der Waals surface area contributed by atoms with E-state index < -0.39 is 0 Å². The summed E-state index contributed by atoms with van der Waals surface area (Å²) in [5, 5.41) is 2.73. The van der Waals surface area contributed by atoms with Gasteiger partial charge >= 0.3 is 0 Å². The van der Waals surface area contributed by atoms with Gasteiger partial charge in [0.2, 0.25) is 0 Å². The zero-order valence-electron chi connectivity index (χ0n) is 8.85. The monoisotopic (exact) mass is 205 g/mol. The molecule has 1 heteroatoms. The van der Waals surface area contributed by atoms with Gasteiger partial charge in [0, 0.05) is 24.0 Å². The van der Waals surface area contributed by atoms with E-state index >= 15 is 0 Å². The molecular weight excluding hydrogens is 194 g/mol. The molecule has 0 spiro atoms. The third-order valence-electron chi connectivity index (χ3n) is 3.47. The van der Waals surface area contributed by atoms with Crippen molar-refractivity contribution in [1.82, 2.24) is 4.57 Å². The summed E-state index contributed by atoms with van der Waals surface area (Å²) < 4.78 is 2.29. The van der Waals surface area contributed by atoms with Gasteiger partial charge in [-0.1, -0.05) is 30.3 Å². The molecule has 0 amide bonds. The number of benzene rings is 2. The van der Waals surface area contributed by atoms with Crippen LogP contribution in [0.5, 0.6) is 0 Å². The Kier molecular flexibility index (Phi) is 1.41. The lowest BCUT2D eigenvalue weighted by Gasteiger charge is -2.05. The zero-order valence-corrected chi connectivity index (χ0v) is 8.85. The largest absolute Gasteiger partial charge is 0.320 e. The topological polar surface area (TPSA) is 4.93 Å². The predicted molar refractivity (Wildman–Crippen MR) is 66.1 cm³/mol. The number of hydrogen-bond acceptors (Lipinski definition) is 0. The minimum absolute atomic E-state index is 1.06. The second-order valence-corrected chi connectivity index (χ2v) is 4.33. The Morgan fingerprint density at radius 3 is 2.81 bits per heavy atom. The molecule has 76 valence electrons. The Balaban J connectivity index is 2.14. The van der Waals surface area contributed by atoms with Crippen LogP contribution >= 0.6 is 0 Å². The molecule has 0 N–H and O–H groups in total. The van der Waals surface area contributed by atoms with E-state index in [2.05, 4.69) is 59.3 Å². The van der Waals surface area contributed by atoms with Gasteiger partial charge in [-0.25, -0.2) is 0 Å². The Morgan fingerprint density at radius 2 is 1.81 bits per heavy atom. The number of hydrogen-bond donors (Lipinski definition) is 0. The molecule has 0 saturated carbocycles. The summed E-state index contributed by atoms with van der Waals surface area (Å²) >= 11 is 0. The second kappa shape index (κ2) is 2.76. The van der Waals surface area contributed by atoms with Gasteiger partial charge in [0.25, 0.3) is 0 Å². The molecule has 0 bridgehead atoms. The van der Waals surface area contributed by atoms with E-state index in [1.807, 2.05) is 0 Å². The van der Waals surface area contributed by atoms with Crippen molar-refractivity contribution in [2.45, 2.75) is 6.42 Å². The lowest BCUT2D eigenvalue weighted by atomic mass is 10.0. The summed E-state index contributed by atoms with van der Waals surface area (Å²) in [5.74, 6) is 0. The molecule has 1 aliphatic heterocycles. The van der Waals surface area contributed by atoms with Gasteiger partial charge in [0.1, 0.15) is 0 Å². The fourth-order valence-corrected chi connectivity index (χ4v) is 2.71. The Morgan fingerprint density at radius 1 is 0.875 bits per heavy atom. The van der Waals surface area contributed by atoms with Crippen molar-refractivity contribution in [3.63, 3.8) is 0 Å². The summed E-state index contributed by atoms with van der Waals surface area (Å²) in [4.78, 5) is 0. The van der Waals surface area contributed by atoms with E-state index in [1.165, 1.54) is 27.7 Å². The van der Waals surface area contributed by atoms with Crippen molar-refractivity contribution in [3.8, 4) is 5.69 Å². The quantitative estimate of drug-likeness (QED) is 0.414. The third-order valence-corrected chi connectivity index (χ3v) is 3.47. The van der Waals surface area contributed by atoms with E-state index in [0.29, 0.717) is 0 Å². The minimum Gasteiger partial charge on any atom is -0.320 e. The molecule has 1 aromatic heterocycles. The number of rotatable bonds is 0. The maximum absolute atomic E-state index is 2.29.